The van der Waals surface area contributed by atoms with Crippen molar-refractivity contribution in [2.24, 2.45) is 5.10 Å². The van der Waals surface area contributed by atoms with Gasteiger partial charge in [0.05, 0.1) is 25.9 Å². The van der Waals surface area contributed by atoms with Crippen LogP contribution in [0.25, 0.3) is 0 Å². The van der Waals surface area contributed by atoms with Crippen LogP contribution in [0.2, 0.25) is 0 Å². The van der Waals surface area contributed by atoms with Gasteiger partial charge in [-0.2, -0.15) is 5.10 Å². The van der Waals surface area contributed by atoms with Crippen molar-refractivity contribution in [3.8, 4) is 0 Å². The highest BCUT2D eigenvalue weighted by Crippen LogP contribution is 2.34. The second-order valence-electron chi connectivity index (χ2n) is 8.37. The summed E-state index contributed by atoms with van der Waals surface area (Å²) in [5.41, 5.74) is 1.36. The monoisotopic (exact) mass is 390 g/mol. The third kappa shape index (κ3) is 5.11. The molecule has 6 nitrogen and oxygen atoms in total. The molecule has 2 fully saturated rings. The zero-order valence-corrected chi connectivity index (χ0v) is 17.8. The van der Waals surface area contributed by atoms with E-state index in [2.05, 4.69) is 24.1 Å². The van der Waals surface area contributed by atoms with Crippen molar-refractivity contribution in [2.45, 2.75) is 70.7 Å². The minimum absolute atomic E-state index is 0.155. The van der Waals surface area contributed by atoms with E-state index in [9.17, 15) is 0 Å². The normalized spacial score (nSPS) is 31.5. The largest absolute Gasteiger partial charge is 0.382 e. The number of benzene rings is 1. The van der Waals surface area contributed by atoms with Gasteiger partial charge in [-0.25, -0.2) is 0 Å². The number of nitrogens with zero attached hydrogens (tertiary/aromatic N) is 2. The molecule has 2 saturated heterocycles. The fraction of sp³-hybridized carbons (Fsp3) is 0.682. The second kappa shape index (κ2) is 8.91. The molecule has 0 bridgehead atoms. The lowest BCUT2D eigenvalue weighted by molar-refractivity contribution is -0.287. The van der Waals surface area contributed by atoms with Crippen LogP contribution in [0.1, 0.15) is 46.1 Å². The van der Waals surface area contributed by atoms with Crippen LogP contribution in [0.5, 0.6) is 0 Å². The minimum Gasteiger partial charge on any atom is -0.382 e. The van der Waals surface area contributed by atoms with Gasteiger partial charge >= 0.3 is 0 Å². The molecule has 28 heavy (non-hydrogen) atoms. The number of methoxy groups -OCH3 is 1. The van der Waals surface area contributed by atoms with E-state index in [1.54, 1.807) is 7.11 Å². The first-order valence-corrected chi connectivity index (χ1v) is 10.2. The summed E-state index contributed by atoms with van der Waals surface area (Å²) < 4.78 is 23.9. The fourth-order valence-electron chi connectivity index (χ4n) is 4.21. The molecular formula is C22H34N2O4. The van der Waals surface area contributed by atoms with Gasteiger partial charge in [-0.05, 0) is 46.1 Å². The Morgan fingerprint density at radius 2 is 1.96 bits per heavy atom. The first-order valence-electron chi connectivity index (χ1n) is 10.2. The van der Waals surface area contributed by atoms with Gasteiger partial charge in [-0.15, -0.1) is 0 Å². The highest BCUT2D eigenvalue weighted by atomic mass is 16.7. The second-order valence-corrected chi connectivity index (χ2v) is 8.37. The molecule has 0 N–H and O–H groups in total. The lowest BCUT2D eigenvalue weighted by Crippen LogP contribution is -2.60. The van der Waals surface area contributed by atoms with Crippen LogP contribution in [-0.2, 0) is 25.6 Å². The molecule has 2 heterocycles. The van der Waals surface area contributed by atoms with Gasteiger partial charge in [0.1, 0.15) is 17.4 Å². The molecule has 3 rings (SSSR count). The summed E-state index contributed by atoms with van der Waals surface area (Å²) >= 11 is 0. The van der Waals surface area contributed by atoms with Crippen molar-refractivity contribution in [1.29, 1.82) is 0 Å². The Bertz CT molecular complexity index is 664. The average Bonchev–Trinajstić information content (AvgIpc) is 3.06. The van der Waals surface area contributed by atoms with E-state index in [1.807, 2.05) is 39.0 Å². The summed E-state index contributed by atoms with van der Waals surface area (Å²) in [7, 11) is 1.74. The number of rotatable bonds is 7. The molecule has 1 aromatic carbocycles. The van der Waals surface area contributed by atoms with E-state index in [1.165, 1.54) is 0 Å². The van der Waals surface area contributed by atoms with E-state index in [-0.39, 0.29) is 6.10 Å². The molecule has 156 valence electrons. The first kappa shape index (κ1) is 21.2. The van der Waals surface area contributed by atoms with Crippen molar-refractivity contribution >= 4 is 5.71 Å². The van der Waals surface area contributed by atoms with E-state index < -0.39 is 11.4 Å². The first-order chi connectivity index (χ1) is 13.3. The maximum absolute atomic E-state index is 6.35. The van der Waals surface area contributed by atoms with E-state index in [0.717, 1.165) is 30.7 Å². The minimum atomic E-state index is -0.694. The molecule has 1 aromatic rings. The molecule has 0 aromatic heterocycles. The third-order valence-electron chi connectivity index (χ3n) is 5.29. The molecule has 0 amide bonds. The lowest BCUT2D eigenvalue weighted by Gasteiger charge is -2.47. The van der Waals surface area contributed by atoms with Crippen molar-refractivity contribution in [2.75, 3.05) is 26.9 Å². The maximum atomic E-state index is 6.35. The Balaban J connectivity index is 1.77. The van der Waals surface area contributed by atoms with Crippen LogP contribution in [0.3, 0.4) is 0 Å². The molecule has 2 aliphatic rings. The van der Waals surface area contributed by atoms with Crippen LogP contribution < -0.4 is 0 Å². The molecule has 2 aliphatic heterocycles. The zero-order valence-electron chi connectivity index (χ0n) is 17.8. The summed E-state index contributed by atoms with van der Waals surface area (Å²) in [6.07, 6.45) is 2.05. The van der Waals surface area contributed by atoms with Crippen LogP contribution in [0.15, 0.2) is 35.4 Å². The SMILES string of the molecule is COC[C@@H]1CCCN1N=C1[C@H](C)OC(C)(C)O[C@@]1(C)COCc1ccccc1. The molecule has 3 atom stereocenters. The Morgan fingerprint density at radius 3 is 2.68 bits per heavy atom. The van der Waals surface area contributed by atoms with Crippen LogP contribution >= 0.6 is 0 Å². The molecule has 0 spiro atoms. The van der Waals surface area contributed by atoms with Crippen molar-refractivity contribution in [1.82, 2.24) is 5.01 Å². The predicted molar refractivity (Wildman–Crippen MR) is 109 cm³/mol. The van der Waals surface area contributed by atoms with E-state index >= 15 is 0 Å². The van der Waals surface area contributed by atoms with Crippen molar-refractivity contribution in [3.05, 3.63) is 35.9 Å². The smallest absolute Gasteiger partial charge is 0.165 e. The summed E-state index contributed by atoms with van der Waals surface area (Å²) in [6, 6.07) is 10.5. The van der Waals surface area contributed by atoms with Gasteiger partial charge in [0.2, 0.25) is 0 Å². The molecule has 6 heteroatoms. The quantitative estimate of drug-likeness (QED) is 0.712. The molecule has 0 radical (unpaired) electrons. The summed E-state index contributed by atoms with van der Waals surface area (Å²) in [4.78, 5) is 0. The standard InChI is InChI=1S/C22H34N2O4/c1-17-20(23-24-13-9-12-19(24)15-25-5)22(4,28-21(2,3)27-17)16-26-14-18-10-7-6-8-11-18/h6-8,10-11,17,19H,9,12-16H2,1-5H3/t17-,19-,22-/m0/s1. The van der Waals surface area contributed by atoms with Gasteiger partial charge in [0.15, 0.2) is 5.79 Å². The Kier molecular flexibility index (Phi) is 6.76. The fourth-order valence-corrected chi connectivity index (χ4v) is 4.21. The average molecular weight is 391 g/mol. The number of hydrazone groups is 1. The van der Waals surface area contributed by atoms with Gasteiger partial charge in [0, 0.05) is 13.7 Å². The number of ether oxygens (including phenoxy) is 4. The highest BCUT2D eigenvalue weighted by Gasteiger charge is 2.48. The Labute approximate surface area is 168 Å². The topological polar surface area (TPSA) is 52.5 Å². The zero-order chi connectivity index (χ0) is 20.2. The molecule has 0 unspecified atom stereocenters. The van der Waals surface area contributed by atoms with Gasteiger partial charge in [0.25, 0.3) is 0 Å². The van der Waals surface area contributed by atoms with Crippen LogP contribution in [-0.4, -0.2) is 61.1 Å². The van der Waals surface area contributed by atoms with Crippen LogP contribution in [0, 0.1) is 0 Å². The van der Waals surface area contributed by atoms with Crippen molar-refractivity contribution in [3.63, 3.8) is 0 Å². The van der Waals surface area contributed by atoms with E-state index in [0.29, 0.717) is 25.9 Å². The number of hydrogen-bond acceptors (Lipinski definition) is 6. The predicted octanol–water partition coefficient (Wildman–Crippen LogP) is 3.60. The Hall–Kier alpha value is -1.47. The third-order valence-corrected chi connectivity index (χ3v) is 5.29. The maximum Gasteiger partial charge on any atom is 0.165 e. The van der Waals surface area contributed by atoms with Gasteiger partial charge in [-0.3, -0.25) is 5.01 Å². The van der Waals surface area contributed by atoms with Crippen LogP contribution in [0.4, 0.5) is 0 Å². The Morgan fingerprint density at radius 1 is 1.21 bits per heavy atom. The highest BCUT2D eigenvalue weighted by molar-refractivity contribution is 5.96. The molecule has 0 aliphatic carbocycles. The number of hydrogen-bond donors (Lipinski definition) is 0. The van der Waals surface area contributed by atoms with E-state index in [4.69, 9.17) is 24.0 Å². The van der Waals surface area contributed by atoms with Gasteiger partial charge < -0.3 is 18.9 Å². The summed E-state index contributed by atoms with van der Waals surface area (Å²) in [5.74, 6) is -0.694. The van der Waals surface area contributed by atoms with Crippen molar-refractivity contribution < 1.29 is 18.9 Å². The lowest BCUT2D eigenvalue weighted by atomic mass is 9.94. The summed E-state index contributed by atoms with van der Waals surface area (Å²) in [5, 5.41) is 7.14. The molecular weight excluding hydrogens is 356 g/mol. The van der Waals surface area contributed by atoms with Gasteiger partial charge in [-0.1, -0.05) is 30.3 Å². The molecule has 0 saturated carbocycles. The summed E-state index contributed by atoms with van der Waals surface area (Å²) in [6.45, 7) is 10.5.